The van der Waals surface area contributed by atoms with Crippen molar-refractivity contribution >= 4 is 40.8 Å². The molecule has 30 heavy (non-hydrogen) atoms. The van der Waals surface area contributed by atoms with E-state index >= 15 is 0 Å². The number of carbonyl (C=O) groups is 2. The quantitative estimate of drug-likeness (QED) is 0.711. The Labute approximate surface area is 177 Å². The monoisotopic (exact) mass is 430 g/mol. The average Bonchev–Trinajstić information content (AvgIpc) is 3.34. The van der Waals surface area contributed by atoms with Gasteiger partial charge in [0.05, 0.1) is 13.2 Å². The molecular formula is C19H22N6O4S. The second-order valence-corrected chi connectivity index (χ2v) is 8.33. The molecule has 3 aliphatic rings. The number of likely N-dealkylation sites (N-methyl/N-ethyl adjacent to an activating group) is 1. The fraction of sp³-hybridized carbons (Fsp3) is 0.474. The second-order valence-electron chi connectivity index (χ2n) is 7.28. The van der Waals surface area contributed by atoms with Crippen molar-refractivity contribution in [3.8, 4) is 0 Å². The van der Waals surface area contributed by atoms with Crippen LogP contribution in [0.15, 0.2) is 38.9 Å². The number of thioether (sulfide) groups is 1. The first kappa shape index (κ1) is 19.2. The Morgan fingerprint density at radius 3 is 2.83 bits per heavy atom. The number of urea groups is 1. The van der Waals surface area contributed by atoms with Gasteiger partial charge < -0.3 is 23.9 Å². The van der Waals surface area contributed by atoms with Crippen LogP contribution in [0.5, 0.6) is 0 Å². The van der Waals surface area contributed by atoms with E-state index in [2.05, 4.69) is 15.2 Å². The van der Waals surface area contributed by atoms with Crippen molar-refractivity contribution in [1.82, 2.24) is 25.0 Å². The van der Waals surface area contributed by atoms with Gasteiger partial charge in [-0.3, -0.25) is 10.1 Å². The maximum Gasteiger partial charge on any atom is 0.325 e. The first-order chi connectivity index (χ1) is 14.6. The predicted molar refractivity (Wildman–Crippen MR) is 110 cm³/mol. The lowest BCUT2D eigenvalue weighted by molar-refractivity contribution is -0.127. The fourth-order valence-electron chi connectivity index (χ4n) is 3.92. The highest BCUT2D eigenvalue weighted by Gasteiger charge is 2.49. The number of oxazole rings is 1. The Hall–Kier alpha value is -2.79. The Bertz CT molecular complexity index is 971. The summed E-state index contributed by atoms with van der Waals surface area (Å²) in [5.41, 5.74) is 1.58. The van der Waals surface area contributed by atoms with Gasteiger partial charge in [-0.25, -0.2) is 14.8 Å². The van der Waals surface area contributed by atoms with E-state index in [-0.39, 0.29) is 5.91 Å². The highest BCUT2D eigenvalue weighted by molar-refractivity contribution is 7.99. The van der Waals surface area contributed by atoms with Gasteiger partial charge in [-0.1, -0.05) is 23.9 Å². The standard InChI is InChI=1S/C19H22N6O4S/c1-23-15-14(16(26)22-18(23)27)25(17(21-15)24-6-9-28-10-7-24)8-11-30-19-20-12-4-2-3-5-13(12)29-19/h2-5,14-15H,6-11H2,1H3,(H,22,26,27). The maximum absolute atomic E-state index is 12.7. The molecule has 3 aliphatic heterocycles. The van der Waals surface area contributed by atoms with Crippen molar-refractivity contribution in [1.29, 1.82) is 0 Å². The predicted octanol–water partition coefficient (Wildman–Crippen LogP) is 0.800. The summed E-state index contributed by atoms with van der Waals surface area (Å²) >= 11 is 1.49. The fourth-order valence-corrected chi connectivity index (χ4v) is 4.70. The number of ether oxygens (including phenoxy) is 1. The molecule has 0 saturated carbocycles. The summed E-state index contributed by atoms with van der Waals surface area (Å²) in [6.45, 7) is 3.19. The van der Waals surface area contributed by atoms with Crippen LogP contribution in [0.3, 0.4) is 0 Å². The minimum Gasteiger partial charge on any atom is -0.431 e. The molecule has 4 heterocycles. The summed E-state index contributed by atoms with van der Waals surface area (Å²) < 4.78 is 11.2. The summed E-state index contributed by atoms with van der Waals surface area (Å²) in [5, 5.41) is 3.03. The third-order valence-electron chi connectivity index (χ3n) is 5.46. The molecule has 0 bridgehead atoms. The molecule has 0 aliphatic carbocycles. The highest BCUT2D eigenvalue weighted by atomic mass is 32.2. The number of benzene rings is 1. The molecule has 2 atom stereocenters. The van der Waals surface area contributed by atoms with Crippen molar-refractivity contribution in [3.63, 3.8) is 0 Å². The number of hydrogen-bond acceptors (Lipinski definition) is 9. The van der Waals surface area contributed by atoms with Crippen molar-refractivity contribution in [3.05, 3.63) is 24.3 Å². The van der Waals surface area contributed by atoms with Gasteiger partial charge in [0.2, 0.25) is 0 Å². The van der Waals surface area contributed by atoms with E-state index in [0.717, 1.165) is 17.1 Å². The summed E-state index contributed by atoms with van der Waals surface area (Å²) in [7, 11) is 1.66. The summed E-state index contributed by atoms with van der Waals surface area (Å²) in [6.07, 6.45) is -0.529. The number of aromatic nitrogens is 1. The number of rotatable bonds is 4. The molecule has 2 unspecified atom stereocenters. The lowest BCUT2D eigenvalue weighted by atomic mass is 10.1. The van der Waals surface area contributed by atoms with Crippen LogP contribution in [0.1, 0.15) is 0 Å². The van der Waals surface area contributed by atoms with Gasteiger partial charge in [0.25, 0.3) is 11.1 Å². The van der Waals surface area contributed by atoms with Crippen LogP contribution in [0.4, 0.5) is 4.79 Å². The molecule has 158 valence electrons. The number of hydrogen-bond donors (Lipinski definition) is 1. The Kier molecular flexibility index (Phi) is 4.99. The molecule has 5 rings (SSSR count). The molecule has 0 radical (unpaired) electrons. The lowest BCUT2D eigenvalue weighted by Crippen LogP contribution is -2.64. The number of morpholine rings is 1. The Morgan fingerprint density at radius 2 is 2.03 bits per heavy atom. The van der Waals surface area contributed by atoms with Gasteiger partial charge >= 0.3 is 6.03 Å². The molecule has 2 fully saturated rings. The van der Waals surface area contributed by atoms with E-state index in [9.17, 15) is 9.59 Å². The molecule has 1 N–H and O–H groups in total. The van der Waals surface area contributed by atoms with E-state index in [0.29, 0.717) is 43.8 Å². The average molecular weight is 430 g/mol. The van der Waals surface area contributed by atoms with Crippen molar-refractivity contribution in [2.45, 2.75) is 17.4 Å². The molecular weight excluding hydrogens is 408 g/mol. The van der Waals surface area contributed by atoms with Crippen LogP contribution < -0.4 is 5.32 Å². The van der Waals surface area contributed by atoms with E-state index in [1.807, 2.05) is 29.2 Å². The molecule has 0 spiro atoms. The molecule has 1 aromatic carbocycles. The first-order valence-electron chi connectivity index (χ1n) is 9.85. The summed E-state index contributed by atoms with van der Waals surface area (Å²) in [6, 6.07) is 6.67. The molecule has 1 aromatic heterocycles. The van der Waals surface area contributed by atoms with Gasteiger partial charge in [0.1, 0.15) is 5.52 Å². The number of nitrogens with zero attached hydrogens (tertiary/aromatic N) is 5. The number of guanidine groups is 1. The van der Waals surface area contributed by atoms with Crippen LogP contribution in [0.25, 0.3) is 11.1 Å². The topological polar surface area (TPSA) is 104 Å². The Balaban J connectivity index is 1.34. The van der Waals surface area contributed by atoms with E-state index in [4.69, 9.17) is 14.1 Å². The number of carbonyl (C=O) groups excluding carboxylic acids is 2. The van der Waals surface area contributed by atoms with Gasteiger partial charge in [-0.15, -0.1) is 0 Å². The van der Waals surface area contributed by atoms with Crippen LogP contribution in [-0.2, 0) is 9.53 Å². The zero-order chi connectivity index (χ0) is 20.7. The van der Waals surface area contributed by atoms with Crippen molar-refractivity contribution in [2.75, 3.05) is 45.6 Å². The first-order valence-corrected chi connectivity index (χ1v) is 10.8. The minimum absolute atomic E-state index is 0.318. The summed E-state index contributed by atoms with van der Waals surface area (Å²) in [4.78, 5) is 39.6. The molecule has 3 amide bonds. The SMILES string of the molecule is CN1C(=O)NC(=O)C2C1N=C(N1CCOCC1)N2CCSc1nc2ccccc2o1. The Morgan fingerprint density at radius 1 is 1.23 bits per heavy atom. The van der Waals surface area contributed by atoms with Gasteiger partial charge in [0.15, 0.2) is 23.8 Å². The minimum atomic E-state index is -0.547. The van der Waals surface area contributed by atoms with E-state index < -0.39 is 18.2 Å². The van der Waals surface area contributed by atoms with E-state index in [1.54, 1.807) is 7.05 Å². The second kappa shape index (κ2) is 7.80. The van der Waals surface area contributed by atoms with Crippen LogP contribution in [-0.4, -0.2) is 95.4 Å². The van der Waals surface area contributed by atoms with E-state index in [1.165, 1.54) is 16.7 Å². The van der Waals surface area contributed by atoms with Crippen molar-refractivity contribution < 1.29 is 18.7 Å². The number of amides is 3. The zero-order valence-corrected chi connectivity index (χ0v) is 17.3. The zero-order valence-electron chi connectivity index (χ0n) is 16.5. The number of imide groups is 1. The van der Waals surface area contributed by atoms with Gasteiger partial charge in [-0.05, 0) is 12.1 Å². The van der Waals surface area contributed by atoms with Gasteiger partial charge in [-0.2, -0.15) is 0 Å². The number of fused-ring (bicyclic) bond motifs is 2. The third kappa shape index (κ3) is 3.37. The van der Waals surface area contributed by atoms with Crippen LogP contribution in [0.2, 0.25) is 0 Å². The summed E-state index contributed by atoms with van der Waals surface area (Å²) in [5.74, 6) is 1.08. The smallest absolute Gasteiger partial charge is 0.325 e. The molecule has 10 nitrogen and oxygen atoms in total. The third-order valence-corrected chi connectivity index (χ3v) is 6.27. The molecule has 2 saturated heterocycles. The molecule has 2 aromatic rings. The normalized spacial score (nSPS) is 24.3. The van der Waals surface area contributed by atoms with Crippen molar-refractivity contribution in [2.24, 2.45) is 4.99 Å². The number of aliphatic imine (C=N–C) groups is 1. The number of nitrogens with one attached hydrogen (secondary N) is 1. The largest absolute Gasteiger partial charge is 0.431 e. The number of para-hydroxylation sites is 2. The van der Waals surface area contributed by atoms with Crippen LogP contribution >= 0.6 is 11.8 Å². The lowest BCUT2D eigenvalue weighted by Gasteiger charge is -2.38. The molecule has 11 heteroatoms. The van der Waals surface area contributed by atoms with Gasteiger partial charge in [0, 0.05) is 32.4 Å². The van der Waals surface area contributed by atoms with Crippen LogP contribution in [0, 0.1) is 0 Å². The maximum atomic E-state index is 12.7. The highest BCUT2D eigenvalue weighted by Crippen LogP contribution is 2.28.